The molecule has 0 fully saturated rings. The molecule has 3 aromatic rings. The first kappa shape index (κ1) is 13.4. The lowest BCUT2D eigenvalue weighted by molar-refractivity contribution is 0.917. The van der Waals surface area contributed by atoms with Crippen molar-refractivity contribution in [2.45, 2.75) is 13.8 Å². The van der Waals surface area contributed by atoms with Crippen molar-refractivity contribution in [1.29, 1.82) is 0 Å². The molecule has 0 aliphatic rings. The molecule has 0 aliphatic heterocycles. The number of aromatic nitrogens is 1. The molecule has 21 heavy (non-hydrogen) atoms. The molecule has 0 saturated heterocycles. The molecule has 0 atom stereocenters. The minimum Gasteiger partial charge on any atom is -0.318 e. The quantitative estimate of drug-likeness (QED) is 0.662. The normalized spacial score (nSPS) is 10.4. The molecular formula is C19H18N2. The molecule has 0 radical (unpaired) electrons. The standard InChI is InChI=1S/C19H18N2/c1-15-13-18(20-17-9-5-3-6-10-17)14-16(2)21(15)19-11-7-4-8-12-19/h3-14H,1-2H3. The van der Waals surface area contributed by atoms with E-state index in [2.05, 4.69) is 59.8 Å². The maximum atomic E-state index is 4.68. The molecule has 2 aromatic carbocycles. The topological polar surface area (TPSA) is 17.3 Å². The molecule has 1 aromatic heterocycles. The number of aryl methyl sites for hydroxylation is 2. The van der Waals surface area contributed by atoms with Crippen molar-refractivity contribution < 1.29 is 0 Å². The van der Waals surface area contributed by atoms with E-state index in [1.54, 1.807) is 0 Å². The van der Waals surface area contributed by atoms with Gasteiger partial charge >= 0.3 is 0 Å². The Morgan fingerprint density at radius 1 is 0.714 bits per heavy atom. The van der Waals surface area contributed by atoms with Gasteiger partial charge < -0.3 is 4.57 Å². The second-order valence-corrected chi connectivity index (χ2v) is 5.11. The average molecular weight is 274 g/mol. The molecule has 0 aliphatic carbocycles. The van der Waals surface area contributed by atoms with Crippen LogP contribution >= 0.6 is 0 Å². The molecule has 2 nitrogen and oxygen atoms in total. The monoisotopic (exact) mass is 274 g/mol. The van der Waals surface area contributed by atoms with Crippen molar-refractivity contribution >= 4 is 5.69 Å². The van der Waals surface area contributed by atoms with E-state index in [0.717, 1.165) is 11.0 Å². The number of para-hydroxylation sites is 2. The van der Waals surface area contributed by atoms with Crippen LogP contribution in [0.5, 0.6) is 0 Å². The molecule has 0 saturated carbocycles. The maximum Gasteiger partial charge on any atom is 0.0671 e. The second kappa shape index (κ2) is 5.80. The van der Waals surface area contributed by atoms with Crippen LogP contribution < -0.4 is 5.36 Å². The predicted octanol–water partition coefficient (Wildman–Crippen LogP) is 4.33. The molecule has 0 N–H and O–H groups in total. The second-order valence-electron chi connectivity index (χ2n) is 5.11. The lowest BCUT2D eigenvalue weighted by atomic mass is 10.2. The Kier molecular flexibility index (Phi) is 3.69. The SMILES string of the molecule is Cc1cc(=Nc2ccccc2)cc(C)n1-c1ccccc1. The Morgan fingerprint density at radius 2 is 1.24 bits per heavy atom. The fraction of sp³-hybridized carbons (Fsp3) is 0.105. The molecular weight excluding hydrogens is 256 g/mol. The zero-order chi connectivity index (χ0) is 14.7. The highest BCUT2D eigenvalue weighted by Gasteiger charge is 2.02. The Labute approximate surface area is 125 Å². The minimum atomic E-state index is 0.980. The largest absolute Gasteiger partial charge is 0.318 e. The highest BCUT2D eigenvalue weighted by molar-refractivity contribution is 5.38. The van der Waals surface area contributed by atoms with Crippen molar-refractivity contribution in [2.75, 3.05) is 0 Å². The lowest BCUT2D eigenvalue weighted by Crippen LogP contribution is -2.12. The van der Waals surface area contributed by atoms with E-state index in [9.17, 15) is 0 Å². The van der Waals surface area contributed by atoms with Gasteiger partial charge in [0, 0.05) is 17.1 Å². The van der Waals surface area contributed by atoms with Crippen LogP contribution in [0.4, 0.5) is 5.69 Å². The summed E-state index contributed by atoms with van der Waals surface area (Å²) < 4.78 is 2.24. The van der Waals surface area contributed by atoms with E-state index in [1.165, 1.54) is 17.1 Å². The van der Waals surface area contributed by atoms with Gasteiger partial charge in [-0.2, -0.15) is 0 Å². The third-order valence-corrected chi connectivity index (χ3v) is 3.45. The fourth-order valence-corrected chi connectivity index (χ4v) is 2.58. The van der Waals surface area contributed by atoms with Gasteiger partial charge in [0.1, 0.15) is 0 Å². The highest BCUT2D eigenvalue weighted by atomic mass is 15.0. The Bertz CT molecular complexity index is 774. The van der Waals surface area contributed by atoms with Crippen molar-refractivity contribution in [2.24, 2.45) is 4.99 Å². The predicted molar refractivity (Wildman–Crippen MR) is 86.9 cm³/mol. The first-order valence-corrected chi connectivity index (χ1v) is 7.09. The van der Waals surface area contributed by atoms with Crippen LogP contribution in [0, 0.1) is 13.8 Å². The molecule has 0 bridgehead atoms. The summed E-state index contributed by atoms with van der Waals surface area (Å²) in [6.07, 6.45) is 0. The van der Waals surface area contributed by atoms with Gasteiger partial charge in [-0.15, -0.1) is 0 Å². The van der Waals surface area contributed by atoms with Crippen LogP contribution in [0.25, 0.3) is 5.69 Å². The van der Waals surface area contributed by atoms with Crippen molar-refractivity contribution in [3.05, 3.63) is 89.5 Å². The number of benzene rings is 2. The van der Waals surface area contributed by atoms with E-state index in [4.69, 9.17) is 0 Å². The summed E-state index contributed by atoms with van der Waals surface area (Å²) in [5.41, 5.74) is 4.51. The van der Waals surface area contributed by atoms with Gasteiger partial charge in [0.05, 0.1) is 11.0 Å². The maximum absolute atomic E-state index is 4.68. The molecule has 0 unspecified atom stereocenters. The number of hydrogen-bond acceptors (Lipinski definition) is 1. The highest BCUT2D eigenvalue weighted by Crippen LogP contribution is 2.13. The van der Waals surface area contributed by atoms with Gasteiger partial charge in [-0.25, -0.2) is 4.99 Å². The smallest absolute Gasteiger partial charge is 0.0671 e. The Morgan fingerprint density at radius 3 is 1.81 bits per heavy atom. The van der Waals surface area contributed by atoms with Crippen molar-refractivity contribution in [1.82, 2.24) is 4.57 Å². The van der Waals surface area contributed by atoms with Crippen LogP contribution in [0.1, 0.15) is 11.4 Å². The van der Waals surface area contributed by atoms with Gasteiger partial charge in [-0.3, -0.25) is 0 Å². The summed E-state index contributed by atoms with van der Waals surface area (Å²) in [6.45, 7) is 4.23. The fourth-order valence-electron chi connectivity index (χ4n) is 2.58. The molecule has 2 heteroatoms. The van der Waals surface area contributed by atoms with Gasteiger partial charge in [-0.05, 0) is 50.2 Å². The Hall–Kier alpha value is -2.61. The van der Waals surface area contributed by atoms with Crippen molar-refractivity contribution in [3.63, 3.8) is 0 Å². The summed E-state index contributed by atoms with van der Waals surface area (Å²) in [7, 11) is 0. The summed E-state index contributed by atoms with van der Waals surface area (Å²) in [6, 6.07) is 24.7. The molecule has 1 heterocycles. The van der Waals surface area contributed by atoms with Crippen LogP contribution in [0.15, 0.2) is 77.8 Å². The number of hydrogen-bond donors (Lipinski definition) is 0. The first-order valence-electron chi connectivity index (χ1n) is 7.09. The average Bonchev–Trinajstić information content (AvgIpc) is 2.49. The molecule has 3 rings (SSSR count). The number of nitrogens with zero attached hydrogens (tertiary/aromatic N) is 2. The van der Waals surface area contributed by atoms with Gasteiger partial charge in [0.2, 0.25) is 0 Å². The van der Waals surface area contributed by atoms with Crippen LogP contribution in [-0.2, 0) is 0 Å². The molecule has 0 spiro atoms. The lowest BCUT2D eigenvalue weighted by Gasteiger charge is -2.14. The first-order chi connectivity index (χ1) is 10.2. The summed E-state index contributed by atoms with van der Waals surface area (Å²) in [5, 5.41) is 0.989. The minimum absolute atomic E-state index is 0.980. The number of pyridine rings is 1. The summed E-state index contributed by atoms with van der Waals surface area (Å²) in [4.78, 5) is 4.68. The Balaban J connectivity index is 2.11. The van der Waals surface area contributed by atoms with Gasteiger partial charge in [0.25, 0.3) is 0 Å². The number of rotatable bonds is 2. The van der Waals surface area contributed by atoms with E-state index in [-0.39, 0.29) is 0 Å². The molecule has 0 amide bonds. The van der Waals surface area contributed by atoms with Crippen LogP contribution in [0.3, 0.4) is 0 Å². The third kappa shape index (κ3) is 2.95. The zero-order valence-corrected chi connectivity index (χ0v) is 12.3. The van der Waals surface area contributed by atoms with Crippen molar-refractivity contribution in [3.8, 4) is 5.69 Å². The van der Waals surface area contributed by atoms with E-state index >= 15 is 0 Å². The summed E-state index contributed by atoms with van der Waals surface area (Å²) >= 11 is 0. The van der Waals surface area contributed by atoms with E-state index < -0.39 is 0 Å². The van der Waals surface area contributed by atoms with Gasteiger partial charge in [0.15, 0.2) is 0 Å². The van der Waals surface area contributed by atoms with E-state index in [1.807, 2.05) is 36.4 Å². The van der Waals surface area contributed by atoms with E-state index in [0.29, 0.717) is 0 Å². The summed E-state index contributed by atoms with van der Waals surface area (Å²) in [5.74, 6) is 0. The van der Waals surface area contributed by atoms with Crippen LogP contribution in [0.2, 0.25) is 0 Å². The zero-order valence-electron chi connectivity index (χ0n) is 12.3. The third-order valence-electron chi connectivity index (χ3n) is 3.45. The molecule has 104 valence electrons. The van der Waals surface area contributed by atoms with Gasteiger partial charge in [-0.1, -0.05) is 36.4 Å². The van der Waals surface area contributed by atoms with Crippen LogP contribution in [-0.4, -0.2) is 4.57 Å².